The Bertz CT molecular complexity index is 598. The number of benzene rings is 2. The van der Waals surface area contributed by atoms with Gasteiger partial charge in [-0.2, -0.15) is 4.99 Å². The highest BCUT2D eigenvalue weighted by Crippen LogP contribution is 2.16. The molecule has 0 aliphatic carbocycles. The lowest BCUT2D eigenvalue weighted by Crippen LogP contribution is -1.90. The van der Waals surface area contributed by atoms with E-state index in [-0.39, 0.29) is 0 Å². The van der Waals surface area contributed by atoms with Crippen molar-refractivity contribution in [1.82, 2.24) is 0 Å². The zero-order valence-corrected chi connectivity index (χ0v) is 11.0. The van der Waals surface area contributed by atoms with Crippen molar-refractivity contribution in [2.24, 2.45) is 9.98 Å². The molecule has 0 heterocycles. The Kier molecular flexibility index (Phi) is 4.80. The van der Waals surface area contributed by atoms with Crippen LogP contribution in [0.4, 0.5) is 11.4 Å². The molecule has 0 saturated heterocycles. The van der Waals surface area contributed by atoms with Crippen molar-refractivity contribution in [1.29, 1.82) is 0 Å². The van der Waals surface area contributed by atoms with E-state index in [2.05, 4.69) is 34.6 Å². The minimum Gasteiger partial charge on any atom is -0.211 e. The standard InChI is InChI=1S/C17H14N2O/c1-2-18-16-9-5-14(6-10-16)3-4-15-7-11-17(12-8-15)19-13-20/h5-12H,1,3-4H2. The fourth-order valence-electron chi connectivity index (χ4n) is 1.91. The Hall–Kier alpha value is -2.73. The van der Waals surface area contributed by atoms with Crippen LogP contribution in [-0.4, -0.2) is 11.9 Å². The maximum atomic E-state index is 10.1. The molecule has 98 valence electrons. The number of carbonyl (C=O) groups excluding carboxylic acids is 1. The van der Waals surface area contributed by atoms with Gasteiger partial charge in [-0.1, -0.05) is 24.3 Å². The minimum absolute atomic E-state index is 0.635. The van der Waals surface area contributed by atoms with E-state index in [0.29, 0.717) is 5.69 Å². The summed E-state index contributed by atoms with van der Waals surface area (Å²) in [4.78, 5) is 17.7. The van der Waals surface area contributed by atoms with Crippen LogP contribution in [0.5, 0.6) is 0 Å². The average Bonchev–Trinajstić information content (AvgIpc) is 2.49. The molecule has 0 atom stereocenters. The molecule has 0 unspecified atom stereocenters. The molecule has 0 spiro atoms. The van der Waals surface area contributed by atoms with Gasteiger partial charge in [0.05, 0.1) is 11.4 Å². The molecule has 2 aromatic carbocycles. The van der Waals surface area contributed by atoms with Crippen molar-refractivity contribution in [2.45, 2.75) is 12.8 Å². The molecule has 0 bridgehead atoms. The maximum Gasteiger partial charge on any atom is 0.240 e. The molecule has 0 aromatic heterocycles. The molecule has 0 aliphatic rings. The number of isocyanates is 1. The number of hydrogen-bond donors (Lipinski definition) is 0. The van der Waals surface area contributed by atoms with Gasteiger partial charge in [0.1, 0.15) is 0 Å². The molecule has 0 amide bonds. The number of hydrogen-bond acceptors (Lipinski definition) is 3. The summed E-state index contributed by atoms with van der Waals surface area (Å²) in [6.07, 6.45) is 3.43. The number of aliphatic imine (C=N–C) groups is 2. The summed E-state index contributed by atoms with van der Waals surface area (Å²) < 4.78 is 0. The average molecular weight is 262 g/mol. The van der Waals surface area contributed by atoms with E-state index in [9.17, 15) is 4.79 Å². The van der Waals surface area contributed by atoms with E-state index >= 15 is 0 Å². The molecule has 0 N–H and O–H groups in total. The first kappa shape index (κ1) is 13.7. The first-order valence-corrected chi connectivity index (χ1v) is 6.30. The summed E-state index contributed by atoms with van der Waals surface area (Å²) in [6, 6.07) is 15.6. The molecule has 2 rings (SSSR count). The van der Waals surface area contributed by atoms with Gasteiger partial charge in [-0.25, -0.2) is 9.79 Å². The van der Waals surface area contributed by atoms with E-state index in [4.69, 9.17) is 0 Å². The number of rotatable bonds is 5. The van der Waals surface area contributed by atoms with Crippen LogP contribution in [-0.2, 0) is 17.6 Å². The van der Waals surface area contributed by atoms with Gasteiger partial charge >= 0.3 is 0 Å². The van der Waals surface area contributed by atoms with Gasteiger partial charge in [0.2, 0.25) is 6.08 Å². The van der Waals surface area contributed by atoms with Crippen molar-refractivity contribution in [2.75, 3.05) is 0 Å². The van der Waals surface area contributed by atoms with E-state index in [1.807, 2.05) is 36.4 Å². The monoisotopic (exact) mass is 262 g/mol. The lowest BCUT2D eigenvalue weighted by atomic mass is 10.0. The third-order valence-electron chi connectivity index (χ3n) is 2.96. The van der Waals surface area contributed by atoms with E-state index < -0.39 is 0 Å². The summed E-state index contributed by atoms with van der Waals surface area (Å²) in [7, 11) is 0. The maximum absolute atomic E-state index is 10.1. The highest BCUT2D eigenvalue weighted by atomic mass is 16.1. The number of aryl methyl sites for hydroxylation is 2. The van der Waals surface area contributed by atoms with Crippen molar-refractivity contribution in [3.8, 4) is 0 Å². The van der Waals surface area contributed by atoms with Crippen LogP contribution in [0.2, 0.25) is 0 Å². The Balaban J connectivity index is 1.97. The van der Waals surface area contributed by atoms with Gasteiger partial charge in [0, 0.05) is 0 Å². The topological polar surface area (TPSA) is 41.8 Å². The molecule has 0 fully saturated rings. The van der Waals surface area contributed by atoms with Crippen molar-refractivity contribution >= 4 is 23.3 Å². The van der Waals surface area contributed by atoms with Gasteiger partial charge in [0.25, 0.3) is 0 Å². The van der Waals surface area contributed by atoms with Crippen LogP contribution >= 0.6 is 0 Å². The second-order valence-electron chi connectivity index (χ2n) is 4.31. The summed E-state index contributed by atoms with van der Waals surface area (Å²) >= 11 is 0. The highest BCUT2D eigenvalue weighted by Gasteiger charge is 1.97. The molecule has 0 saturated carbocycles. The van der Waals surface area contributed by atoms with Crippen LogP contribution < -0.4 is 0 Å². The van der Waals surface area contributed by atoms with E-state index in [1.54, 1.807) is 0 Å². The molecule has 0 aliphatic heterocycles. The van der Waals surface area contributed by atoms with Gasteiger partial charge in [-0.05, 0) is 60.7 Å². The van der Waals surface area contributed by atoms with E-state index in [1.165, 1.54) is 17.2 Å². The van der Waals surface area contributed by atoms with Gasteiger partial charge in [-0.15, -0.1) is 0 Å². The molecule has 3 heteroatoms. The second-order valence-corrected chi connectivity index (χ2v) is 4.31. The molecule has 3 nitrogen and oxygen atoms in total. The van der Waals surface area contributed by atoms with E-state index in [0.717, 1.165) is 18.5 Å². The smallest absolute Gasteiger partial charge is 0.211 e. The molecular formula is C17H14N2O. The Labute approximate surface area is 118 Å². The normalized spacial score (nSPS) is 9.40. The minimum atomic E-state index is 0.635. The van der Waals surface area contributed by atoms with Gasteiger partial charge < -0.3 is 0 Å². The highest BCUT2D eigenvalue weighted by molar-refractivity contribution is 5.55. The lowest BCUT2D eigenvalue weighted by molar-refractivity contribution is 0.565. The predicted octanol–water partition coefficient (Wildman–Crippen LogP) is 3.93. The van der Waals surface area contributed by atoms with Crippen molar-refractivity contribution < 1.29 is 4.79 Å². The summed E-state index contributed by atoms with van der Waals surface area (Å²) in [5.41, 5.74) is 3.96. The first-order chi connectivity index (χ1) is 9.81. The zero-order chi connectivity index (χ0) is 14.2. The Morgan fingerprint density at radius 2 is 1.25 bits per heavy atom. The molecular weight excluding hydrogens is 248 g/mol. The van der Waals surface area contributed by atoms with Crippen LogP contribution in [0.1, 0.15) is 11.1 Å². The van der Waals surface area contributed by atoms with Crippen LogP contribution in [0.25, 0.3) is 0 Å². The third-order valence-corrected chi connectivity index (χ3v) is 2.96. The van der Waals surface area contributed by atoms with Crippen LogP contribution in [0.15, 0.2) is 65.1 Å². The fourth-order valence-corrected chi connectivity index (χ4v) is 1.91. The van der Waals surface area contributed by atoms with Gasteiger partial charge in [0.15, 0.2) is 0 Å². The second kappa shape index (κ2) is 7.01. The number of nitrogens with zero attached hydrogens (tertiary/aromatic N) is 2. The Morgan fingerprint density at radius 1 is 0.800 bits per heavy atom. The first-order valence-electron chi connectivity index (χ1n) is 6.30. The largest absolute Gasteiger partial charge is 0.240 e. The summed E-state index contributed by atoms with van der Waals surface area (Å²) in [6.45, 7) is 3.45. The predicted molar refractivity (Wildman–Crippen MR) is 80.8 cm³/mol. The fraction of sp³-hybridized carbons (Fsp3) is 0.118. The third kappa shape index (κ3) is 3.89. The SMILES string of the molecule is C=C=Nc1ccc(CCc2ccc(N=C=O)cc2)cc1. The zero-order valence-electron chi connectivity index (χ0n) is 11.0. The van der Waals surface area contributed by atoms with Crippen molar-refractivity contribution in [3.05, 3.63) is 66.2 Å². The Morgan fingerprint density at radius 3 is 1.65 bits per heavy atom. The molecule has 2 aromatic rings. The quantitative estimate of drug-likeness (QED) is 0.594. The molecule has 0 radical (unpaired) electrons. The summed E-state index contributed by atoms with van der Waals surface area (Å²) in [5.74, 6) is 2.52. The van der Waals surface area contributed by atoms with Gasteiger partial charge in [-0.3, -0.25) is 0 Å². The lowest BCUT2D eigenvalue weighted by Gasteiger charge is -2.03. The van der Waals surface area contributed by atoms with Crippen molar-refractivity contribution in [3.63, 3.8) is 0 Å². The van der Waals surface area contributed by atoms with Crippen LogP contribution in [0, 0.1) is 0 Å². The van der Waals surface area contributed by atoms with Crippen LogP contribution in [0.3, 0.4) is 0 Å². The molecule has 20 heavy (non-hydrogen) atoms. The summed E-state index contributed by atoms with van der Waals surface area (Å²) in [5, 5.41) is 0.